The second-order valence-corrected chi connectivity index (χ2v) is 8.40. The van der Waals surface area contributed by atoms with E-state index < -0.39 is 6.10 Å². The van der Waals surface area contributed by atoms with Crippen molar-refractivity contribution in [3.8, 4) is 0 Å². The minimum atomic E-state index is -0.402. The summed E-state index contributed by atoms with van der Waals surface area (Å²) in [5.41, 5.74) is 2.43. The van der Waals surface area contributed by atoms with E-state index in [1.807, 2.05) is 6.92 Å². The molecule has 0 bridgehead atoms. The third-order valence-electron chi connectivity index (χ3n) is 5.32. The zero-order valence-corrected chi connectivity index (χ0v) is 16.8. The average molecular weight is 362 g/mol. The fourth-order valence-electron chi connectivity index (χ4n) is 3.53. The molecular weight excluding hydrogens is 326 g/mol. The molecule has 1 atom stereocenters. The lowest BCUT2D eigenvalue weighted by Gasteiger charge is -2.30. The van der Waals surface area contributed by atoms with Crippen molar-refractivity contribution in [1.82, 2.24) is 4.90 Å². The first-order chi connectivity index (χ1) is 12.3. The summed E-state index contributed by atoms with van der Waals surface area (Å²) < 4.78 is 5.12. The Hall–Kier alpha value is -1.39. The maximum Gasteiger partial charge on any atom is 0.309 e. The number of ether oxygens (including phenoxy) is 1. The molecule has 0 aliphatic carbocycles. The molecule has 1 N–H and O–H groups in total. The summed E-state index contributed by atoms with van der Waals surface area (Å²) in [6, 6.07) is 8.35. The van der Waals surface area contributed by atoms with E-state index in [4.69, 9.17) is 4.74 Å². The van der Waals surface area contributed by atoms with Crippen LogP contribution in [0.15, 0.2) is 24.3 Å². The molecule has 1 heterocycles. The van der Waals surface area contributed by atoms with Crippen LogP contribution in [0.3, 0.4) is 0 Å². The molecule has 0 spiro atoms. The molecule has 4 heteroatoms. The minimum Gasteiger partial charge on any atom is -0.466 e. The van der Waals surface area contributed by atoms with Crippen molar-refractivity contribution >= 4 is 5.97 Å². The van der Waals surface area contributed by atoms with E-state index in [0.717, 1.165) is 50.9 Å². The predicted octanol–water partition coefficient (Wildman–Crippen LogP) is 4.07. The van der Waals surface area contributed by atoms with Gasteiger partial charge in [0.1, 0.15) is 0 Å². The minimum absolute atomic E-state index is 0.0405. The van der Waals surface area contributed by atoms with Crippen LogP contribution in [0.25, 0.3) is 0 Å². The Morgan fingerprint density at radius 3 is 2.38 bits per heavy atom. The van der Waals surface area contributed by atoms with Crippen molar-refractivity contribution in [2.45, 2.75) is 64.9 Å². The Bertz CT molecular complexity index is 554. The van der Waals surface area contributed by atoms with E-state index >= 15 is 0 Å². The lowest BCUT2D eigenvalue weighted by molar-refractivity contribution is -0.149. The molecule has 1 fully saturated rings. The summed E-state index contributed by atoms with van der Waals surface area (Å²) in [4.78, 5) is 14.2. The van der Waals surface area contributed by atoms with Gasteiger partial charge < -0.3 is 14.7 Å². The van der Waals surface area contributed by atoms with E-state index in [1.165, 1.54) is 5.56 Å². The molecule has 146 valence electrons. The number of hydrogen-bond donors (Lipinski definition) is 1. The summed E-state index contributed by atoms with van der Waals surface area (Å²) >= 11 is 0. The third kappa shape index (κ3) is 6.10. The highest BCUT2D eigenvalue weighted by atomic mass is 16.5. The second-order valence-electron chi connectivity index (χ2n) is 8.40. The number of aliphatic hydroxyl groups is 1. The fourth-order valence-corrected chi connectivity index (χ4v) is 3.53. The number of nitrogens with zero attached hydrogens (tertiary/aromatic N) is 1. The van der Waals surface area contributed by atoms with Crippen molar-refractivity contribution in [3.63, 3.8) is 0 Å². The summed E-state index contributed by atoms with van der Waals surface area (Å²) in [5.74, 6) is 0.0272. The van der Waals surface area contributed by atoms with Gasteiger partial charge in [-0.3, -0.25) is 4.79 Å². The van der Waals surface area contributed by atoms with Crippen LogP contribution < -0.4 is 0 Å². The number of likely N-dealkylation sites (tertiary alicyclic amines) is 1. The van der Waals surface area contributed by atoms with Crippen LogP contribution in [0.2, 0.25) is 0 Å². The second kappa shape index (κ2) is 9.52. The largest absolute Gasteiger partial charge is 0.466 e. The van der Waals surface area contributed by atoms with Crippen molar-refractivity contribution < 1.29 is 14.6 Å². The maximum absolute atomic E-state index is 11.8. The number of carbonyl (C=O) groups excluding carboxylic acids is 1. The highest BCUT2D eigenvalue weighted by Crippen LogP contribution is 2.26. The molecule has 26 heavy (non-hydrogen) atoms. The average Bonchev–Trinajstić information content (AvgIpc) is 2.62. The van der Waals surface area contributed by atoms with Gasteiger partial charge in [0, 0.05) is 0 Å². The van der Waals surface area contributed by atoms with Gasteiger partial charge in [0.15, 0.2) is 0 Å². The number of carbonyl (C=O) groups is 1. The van der Waals surface area contributed by atoms with E-state index in [2.05, 4.69) is 49.9 Å². The fraction of sp³-hybridized carbons (Fsp3) is 0.682. The molecule has 0 aromatic heterocycles. The summed E-state index contributed by atoms with van der Waals surface area (Å²) in [6.07, 6.45) is 3.10. The molecule has 0 saturated carbocycles. The monoisotopic (exact) mass is 361 g/mol. The Balaban J connectivity index is 1.70. The van der Waals surface area contributed by atoms with Gasteiger partial charge in [0.25, 0.3) is 0 Å². The van der Waals surface area contributed by atoms with E-state index in [1.54, 1.807) is 0 Å². The van der Waals surface area contributed by atoms with Crippen LogP contribution in [-0.4, -0.2) is 42.2 Å². The van der Waals surface area contributed by atoms with Gasteiger partial charge in [0.2, 0.25) is 0 Å². The van der Waals surface area contributed by atoms with Gasteiger partial charge in [-0.15, -0.1) is 0 Å². The van der Waals surface area contributed by atoms with E-state index in [0.29, 0.717) is 6.61 Å². The maximum atomic E-state index is 11.8. The normalized spacial score (nSPS) is 17.9. The molecular formula is C22H35NO3. The molecule has 1 aromatic carbocycles. The van der Waals surface area contributed by atoms with Gasteiger partial charge in [-0.1, -0.05) is 45.0 Å². The molecule has 1 aliphatic heterocycles. The lowest BCUT2D eigenvalue weighted by Crippen LogP contribution is -2.37. The highest BCUT2D eigenvalue weighted by molar-refractivity contribution is 5.72. The Morgan fingerprint density at radius 1 is 1.23 bits per heavy atom. The van der Waals surface area contributed by atoms with Crippen molar-refractivity contribution in [1.29, 1.82) is 0 Å². The first-order valence-corrected chi connectivity index (χ1v) is 9.98. The molecule has 1 aliphatic rings. The van der Waals surface area contributed by atoms with Crippen LogP contribution in [0.4, 0.5) is 0 Å². The highest BCUT2D eigenvalue weighted by Gasteiger charge is 2.25. The van der Waals surface area contributed by atoms with Crippen molar-refractivity contribution in [3.05, 3.63) is 35.4 Å². The number of piperidine rings is 1. The first-order valence-electron chi connectivity index (χ1n) is 9.98. The summed E-state index contributed by atoms with van der Waals surface area (Å²) in [6.45, 7) is 11.8. The smallest absolute Gasteiger partial charge is 0.309 e. The van der Waals surface area contributed by atoms with Crippen molar-refractivity contribution in [2.24, 2.45) is 5.92 Å². The molecule has 4 nitrogen and oxygen atoms in total. The van der Waals surface area contributed by atoms with Crippen LogP contribution in [0.5, 0.6) is 0 Å². The van der Waals surface area contributed by atoms with Gasteiger partial charge in [0.05, 0.1) is 18.6 Å². The standard InChI is InChI=1S/C22H35NO3/c1-5-26-21(25)18-12-15-23(16-13-18)14-6-7-20(24)17-8-10-19(11-9-17)22(2,3)4/h8-11,18,20,24H,5-7,12-16H2,1-4H3. The topological polar surface area (TPSA) is 49.8 Å². The Morgan fingerprint density at radius 2 is 1.85 bits per heavy atom. The number of esters is 1. The number of benzene rings is 1. The van der Waals surface area contributed by atoms with E-state index in [-0.39, 0.29) is 17.3 Å². The summed E-state index contributed by atoms with van der Waals surface area (Å²) in [7, 11) is 0. The molecule has 2 rings (SSSR count). The zero-order valence-electron chi connectivity index (χ0n) is 16.8. The SMILES string of the molecule is CCOC(=O)C1CCN(CCCC(O)c2ccc(C(C)(C)C)cc2)CC1. The Labute approximate surface area is 158 Å². The zero-order chi connectivity index (χ0) is 19.2. The van der Waals surface area contributed by atoms with Gasteiger partial charge in [-0.25, -0.2) is 0 Å². The summed E-state index contributed by atoms with van der Waals surface area (Å²) in [5, 5.41) is 10.4. The van der Waals surface area contributed by atoms with Crippen LogP contribution in [0.1, 0.15) is 70.6 Å². The van der Waals surface area contributed by atoms with Crippen LogP contribution >= 0.6 is 0 Å². The molecule has 1 unspecified atom stereocenters. The molecule has 1 aromatic rings. The molecule has 0 radical (unpaired) electrons. The predicted molar refractivity (Wildman–Crippen MR) is 105 cm³/mol. The van der Waals surface area contributed by atoms with Crippen molar-refractivity contribution in [2.75, 3.05) is 26.2 Å². The third-order valence-corrected chi connectivity index (χ3v) is 5.32. The lowest BCUT2D eigenvalue weighted by atomic mass is 9.86. The Kier molecular flexibility index (Phi) is 7.66. The number of hydrogen-bond acceptors (Lipinski definition) is 4. The van der Waals surface area contributed by atoms with Gasteiger partial charge >= 0.3 is 5.97 Å². The molecule has 1 saturated heterocycles. The van der Waals surface area contributed by atoms with Gasteiger partial charge in [-0.05, 0) is 68.8 Å². The number of aliphatic hydroxyl groups excluding tert-OH is 1. The first kappa shape index (κ1) is 20.9. The van der Waals surface area contributed by atoms with E-state index in [9.17, 15) is 9.90 Å². The number of rotatable bonds is 7. The van der Waals surface area contributed by atoms with Crippen LogP contribution in [0, 0.1) is 5.92 Å². The molecule has 0 amide bonds. The van der Waals surface area contributed by atoms with Gasteiger partial charge in [-0.2, -0.15) is 0 Å². The quantitative estimate of drug-likeness (QED) is 0.744. The van der Waals surface area contributed by atoms with Crippen LogP contribution in [-0.2, 0) is 14.9 Å².